The van der Waals surface area contributed by atoms with Crippen LogP contribution in [0, 0.1) is 0 Å². The van der Waals surface area contributed by atoms with Crippen LogP contribution in [0.3, 0.4) is 0 Å². The SMILES string of the molecule is O=c1[nH]c(=O)n(-c2ccc(Cl)cc2)c(O)c1C1=NN[C@@H](c2cccs2)C1. The highest BCUT2D eigenvalue weighted by Crippen LogP contribution is 2.29. The second kappa shape index (κ2) is 6.47. The zero-order valence-electron chi connectivity index (χ0n) is 13.3. The number of halogens is 1. The lowest BCUT2D eigenvalue weighted by molar-refractivity contribution is 0.429. The van der Waals surface area contributed by atoms with Gasteiger partial charge in [-0.3, -0.25) is 9.78 Å². The van der Waals surface area contributed by atoms with Crippen molar-refractivity contribution >= 4 is 28.6 Å². The molecule has 0 spiro atoms. The first-order valence-electron chi connectivity index (χ1n) is 7.74. The summed E-state index contributed by atoms with van der Waals surface area (Å²) in [5, 5.41) is 17.3. The van der Waals surface area contributed by atoms with Crippen LogP contribution in [-0.4, -0.2) is 20.4 Å². The molecule has 3 aromatic rings. The third-order valence-electron chi connectivity index (χ3n) is 4.10. The number of thiophene rings is 1. The molecule has 0 bridgehead atoms. The molecular weight excluding hydrogens is 376 g/mol. The maximum Gasteiger partial charge on any atom is 0.335 e. The van der Waals surface area contributed by atoms with E-state index in [1.165, 1.54) is 0 Å². The Morgan fingerprint density at radius 3 is 2.69 bits per heavy atom. The van der Waals surface area contributed by atoms with E-state index in [0.29, 0.717) is 22.8 Å². The van der Waals surface area contributed by atoms with Gasteiger partial charge in [-0.15, -0.1) is 11.3 Å². The van der Waals surface area contributed by atoms with E-state index < -0.39 is 17.1 Å². The number of hydrazone groups is 1. The summed E-state index contributed by atoms with van der Waals surface area (Å²) in [5.74, 6) is -0.451. The van der Waals surface area contributed by atoms with Crippen molar-refractivity contribution in [2.45, 2.75) is 12.5 Å². The second-order valence-electron chi connectivity index (χ2n) is 5.73. The summed E-state index contributed by atoms with van der Waals surface area (Å²) in [7, 11) is 0. The zero-order chi connectivity index (χ0) is 18.3. The molecule has 3 heterocycles. The van der Waals surface area contributed by atoms with E-state index in [9.17, 15) is 14.7 Å². The number of hydrogen-bond acceptors (Lipinski definition) is 6. The van der Waals surface area contributed by atoms with Gasteiger partial charge in [0.1, 0.15) is 5.56 Å². The fraction of sp³-hybridized carbons (Fsp3) is 0.118. The molecule has 1 aromatic carbocycles. The monoisotopic (exact) mass is 388 g/mol. The number of nitrogens with zero attached hydrogens (tertiary/aromatic N) is 2. The Labute approximate surface area is 156 Å². The lowest BCUT2D eigenvalue weighted by Crippen LogP contribution is -2.33. The lowest BCUT2D eigenvalue weighted by atomic mass is 10.1. The molecule has 9 heteroatoms. The summed E-state index contributed by atoms with van der Waals surface area (Å²) in [6.07, 6.45) is 0.427. The first kappa shape index (κ1) is 16.6. The molecule has 0 radical (unpaired) electrons. The fourth-order valence-corrected chi connectivity index (χ4v) is 3.76. The molecule has 132 valence electrons. The average Bonchev–Trinajstić information content (AvgIpc) is 3.27. The van der Waals surface area contributed by atoms with Crippen LogP contribution in [0.2, 0.25) is 5.02 Å². The van der Waals surface area contributed by atoms with Crippen molar-refractivity contribution in [2.75, 3.05) is 0 Å². The Balaban J connectivity index is 1.78. The number of H-pyrrole nitrogens is 1. The standard InChI is InChI=1S/C17H13ClN4O3S/c18-9-3-5-10(6-4-9)22-16(24)14(15(23)19-17(22)25)12-8-11(20-21-12)13-2-1-7-26-13/h1-7,11,20,24H,8H2,(H,19,23,25)/t11-/m1/s1. The topological polar surface area (TPSA) is 99.5 Å². The van der Waals surface area contributed by atoms with E-state index in [1.54, 1.807) is 35.6 Å². The normalized spacial score (nSPS) is 16.3. The summed E-state index contributed by atoms with van der Waals surface area (Å²) in [5.41, 5.74) is 2.32. The second-order valence-corrected chi connectivity index (χ2v) is 7.15. The van der Waals surface area contributed by atoms with Crippen LogP contribution >= 0.6 is 22.9 Å². The Morgan fingerprint density at radius 2 is 2.00 bits per heavy atom. The number of aromatic amines is 1. The molecule has 0 amide bonds. The van der Waals surface area contributed by atoms with Crippen LogP contribution in [-0.2, 0) is 0 Å². The van der Waals surface area contributed by atoms with E-state index in [1.807, 2.05) is 17.5 Å². The van der Waals surface area contributed by atoms with E-state index in [0.717, 1.165) is 9.44 Å². The highest BCUT2D eigenvalue weighted by Gasteiger charge is 2.27. The van der Waals surface area contributed by atoms with Gasteiger partial charge >= 0.3 is 5.69 Å². The van der Waals surface area contributed by atoms with Crippen molar-refractivity contribution in [1.82, 2.24) is 15.0 Å². The van der Waals surface area contributed by atoms with Gasteiger partial charge in [0.25, 0.3) is 5.56 Å². The summed E-state index contributed by atoms with van der Waals surface area (Å²) < 4.78 is 1.02. The summed E-state index contributed by atoms with van der Waals surface area (Å²) >= 11 is 7.45. The van der Waals surface area contributed by atoms with Gasteiger partial charge in [0.15, 0.2) is 0 Å². The Bertz CT molecular complexity index is 1100. The smallest absolute Gasteiger partial charge is 0.335 e. The van der Waals surface area contributed by atoms with Crippen molar-refractivity contribution in [3.8, 4) is 11.6 Å². The molecule has 0 unspecified atom stereocenters. The molecule has 0 aliphatic carbocycles. The van der Waals surface area contributed by atoms with Crippen molar-refractivity contribution in [3.63, 3.8) is 0 Å². The average molecular weight is 389 g/mol. The number of aromatic hydroxyl groups is 1. The van der Waals surface area contributed by atoms with Gasteiger partial charge < -0.3 is 10.5 Å². The van der Waals surface area contributed by atoms with Gasteiger partial charge in [0.2, 0.25) is 5.88 Å². The van der Waals surface area contributed by atoms with Gasteiger partial charge in [-0.25, -0.2) is 9.36 Å². The van der Waals surface area contributed by atoms with Gasteiger partial charge in [0, 0.05) is 16.3 Å². The maximum atomic E-state index is 12.3. The minimum absolute atomic E-state index is 0.0221. The molecule has 1 aliphatic heterocycles. The number of hydrogen-bond donors (Lipinski definition) is 3. The van der Waals surface area contributed by atoms with Gasteiger partial charge in [0.05, 0.1) is 17.4 Å². The van der Waals surface area contributed by atoms with Crippen LogP contribution < -0.4 is 16.7 Å². The van der Waals surface area contributed by atoms with Gasteiger partial charge in [-0.1, -0.05) is 17.7 Å². The van der Waals surface area contributed by atoms with Crippen molar-refractivity contribution in [1.29, 1.82) is 0 Å². The van der Waals surface area contributed by atoms with Gasteiger partial charge in [-0.05, 0) is 35.7 Å². The number of rotatable bonds is 3. The molecule has 4 rings (SSSR count). The van der Waals surface area contributed by atoms with Crippen LogP contribution in [0.1, 0.15) is 22.9 Å². The maximum absolute atomic E-state index is 12.3. The van der Waals surface area contributed by atoms with Crippen molar-refractivity contribution in [2.24, 2.45) is 5.10 Å². The minimum Gasteiger partial charge on any atom is -0.493 e. The Hall–Kier alpha value is -2.84. The highest BCUT2D eigenvalue weighted by atomic mass is 35.5. The summed E-state index contributed by atoms with van der Waals surface area (Å²) in [6.45, 7) is 0. The predicted molar refractivity (Wildman–Crippen MR) is 101 cm³/mol. The van der Waals surface area contributed by atoms with Crippen LogP contribution in [0.15, 0.2) is 56.5 Å². The quantitative estimate of drug-likeness (QED) is 0.641. The molecule has 0 fully saturated rings. The molecule has 26 heavy (non-hydrogen) atoms. The Kier molecular flexibility index (Phi) is 4.14. The van der Waals surface area contributed by atoms with Crippen molar-refractivity contribution < 1.29 is 5.11 Å². The number of nitrogens with one attached hydrogen (secondary N) is 2. The highest BCUT2D eigenvalue weighted by molar-refractivity contribution is 7.10. The lowest BCUT2D eigenvalue weighted by Gasteiger charge is -2.11. The Morgan fingerprint density at radius 1 is 1.23 bits per heavy atom. The molecule has 1 atom stereocenters. The molecule has 1 aliphatic rings. The summed E-state index contributed by atoms with van der Waals surface area (Å²) in [6, 6.07) is 10.2. The van der Waals surface area contributed by atoms with Gasteiger partial charge in [-0.2, -0.15) is 5.10 Å². The molecular formula is C17H13ClN4O3S. The fourth-order valence-electron chi connectivity index (χ4n) is 2.87. The third-order valence-corrected chi connectivity index (χ3v) is 5.34. The molecule has 3 N–H and O–H groups in total. The molecule has 0 saturated heterocycles. The van der Waals surface area contributed by atoms with E-state index in [4.69, 9.17) is 11.6 Å². The van der Waals surface area contributed by atoms with Crippen LogP contribution in [0.4, 0.5) is 0 Å². The van der Waals surface area contributed by atoms with E-state index in [-0.39, 0.29) is 11.6 Å². The minimum atomic E-state index is -0.736. The van der Waals surface area contributed by atoms with Crippen LogP contribution in [0.25, 0.3) is 5.69 Å². The van der Waals surface area contributed by atoms with E-state index >= 15 is 0 Å². The first-order chi connectivity index (χ1) is 12.5. The number of aromatic nitrogens is 2. The molecule has 2 aromatic heterocycles. The molecule has 0 saturated carbocycles. The zero-order valence-corrected chi connectivity index (χ0v) is 14.8. The third kappa shape index (κ3) is 2.83. The molecule has 7 nitrogen and oxygen atoms in total. The van der Waals surface area contributed by atoms with E-state index in [2.05, 4.69) is 15.5 Å². The van der Waals surface area contributed by atoms with Crippen LogP contribution in [0.5, 0.6) is 5.88 Å². The first-order valence-corrected chi connectivity index (χ1v) is 9.00. The predicted octanol–water partition coefficient (Wildman–Crippen LogP) is 2.39. The van der Waals surface area contributed by atoms with Crippen molar-refractivity contribution in [3.05, 3.63) is 78.1 Å². The summed E-state index contributed by atoms with van der Waals surface area (Å²) in [4.78, 5) is 27.9. The largest absolute Gasteiger partial charge is 0.493 e. The number of benzene rings is 1.